The fraction of sp³-hybridized carbons (Fsp3) is 0.727. The molecule has 0 saturated carbocycles. The van der Waals surface area contributed by atoms with E-state index in [1.807, 2.05) is 18.1 Å². The summed E-state index contributed by atoms with van der Waals surface area (Å²) < 4.78 is 1.64. The van der Waals surface area contributed by atoms with E-state index in [4.69, 9.17) is 0 Å². The molecule has 1 aromatic rings. The highest BCUT2D eigenvalue weighted by molar-refractivity contribution is 5.73. The first-order valence-electron chi connectivity index (χ1n) is 5.88. The molecule has 2 atom stereocenters. The standard InChI is InChI=1S/C11H18N4O2/c1-8-3-4-15(10(5-8)11(16)17)7-9-6-14(2)13-12-9/h6,8,10H,3-5,7H2,1-2H3,(H,16,17). The number of carboxylic acid groups (broad SMARTS) is 1. The van der Waals surface area contributed by atoms with Crippen LogP contribution in [-0.2, 0) is 18.4 Å². The summed E-state index contributed by atoms with van der Waals surface area (Å²) in [7, 11) is 1.81. The molecule has 2 rings (SSSR count). The average Bonchev–Trinajstić information content (AvgIpc) is 2.66. The topological polar surface area (TPSA) is 71.2 Å². The molecule has 2 heterocycles. The van der Waals surface area contributed by atoms with Gasteiger partial charge in [0.2, 0.25) is 0 Å². The molecule has 1 fully saturated rings. The van der Waals surface area contributed by atoms with Gasteiger partial charge >= 0.3 is 5.97 Å². The molecule has 94 valence electrons. The lowest BCUT2D eigenvalue weighted by molar-refractivity contribution is -0.145. The van der Waals surface area contributed by atoms with Crippen LogP contribution >= 0.6 is 0 Å². The molecule has 17 heavy (non-hydrogen) atoms. The Morgan fingerprint density at radius 3 is 3.00 bits per heavy atom. The zero-order chi connectivity index (χ0) is 12.4. The van der Waals surface area contributed by atoms with Gasteiger partial charge in [0.15, 0.2) is 0 Å². The third-order valence-electron chi connectivity index (χ3n) is 3.28. The Kier molecular flexibility index (Phi) is 3.42. The number of aromatic nitrogens is 3. The molecule has 2 unspecified atom stereocenters. The maximum atomic E-state index is 11.2. The number of carbonyl (C=O) groups is 1. The summed E-state index contributed by atoms with van der Waals surface area (Å²) in [6, 6.07) is -0.388. The second-order valence-corrected chi connectivity index (χ2v) is 4.84. The van der Waals surface area contributed by atoms with Gasteiger partial charge in [0.1, 0.15) is 6.04 Å². The molecular weight excluding hydrogens is 220 g/mol. The Bertz CT molecular complexity index is 404. The Hall–Kier alpha value is -1.43. The summed E-state index contributed by atoms with van der Waals surface area (Å²) in [5.74, 6) is -0.255. The van der Waals surface area contributed by atoms with Crippen LogP contribution in [0.3, 0.4) is 0 Å². The maximum absolute atomic E-state index is 11.2. The van der Waals surface area contributed by atoms with Crippen LogP contribution in [0.1, 0.15) is 25.5 Å². The molecule has 0 bridgehead atoms. The Morgan fingerprint density at radius 2 is 2.41 bits per heavy atom. The van der Waals surface area contributed by atoms with E-state index in [2.05, 4.69) is 17.2 Å². The zero-order valence-electron chi connectivity index (χ0n) is 10.2. The van der Waals surface area contributed by atoms with Crippen LogP contribution in [-0.4, -0.2) is 43.6 Å². The van der Waals surface area contributed by atoms with E-state index in [9.17, 15) is 9.90 Å². The van der Waals surface area contributed by atoms with Crippen LogP contribution in [0.25, 0.3) is 0 Å². The van der Waals surface area contributed by atoms with Crippen molar-refractivity contribution in [3.05, 3.63) is 11.9 Å². The number of carboxylic acids is 1. The van der Waals surface area contributed by atoms with Crippen molar-refractivity contribution >= 4 is 5.97 Å². The fourth-order valence-corrected chi connectivity index (χ4v) is 2.31. The molecule has 1 N–H and O–H groups in total. The number of likely N-dealkylation sites (tertiary alicyclic amines) is 1. The maximum Gasteiger partial charge on any atom is 0.320 e. The number of rotatable bonds is 3. The number of hydrogen-bond donors (Lipinski definition) is 1. The number of hydrogen-bond acceptors (Lipinski definition) is 4. The number of nitrogens with zero attached hydrogens (tertiary/aromatic N) is 4. The monoisotopic (exact) mass is 238 g/mol. The molecule has 0 radical (unpaired) electrons. The first-order chi connectivity index (χ1) is 8.06. The van der Waals surface area contributed by atoms with E-state index in [1.54, 1.807) is 4.68 Å². The summed E-state index contributed by atoms with van der Waals surface area (Å²) in [5, 5.41) is 17.1. The van der Waals surface area contributed by atoms with Crippen LogP contribution in [0.15, 0.2) is 6.20 Å². The van der Waals surface area contributed by atoms with E-state index >= 15 is 0 Å². The van der Waals surface area contributed by atoms with E-state index in [0.717, 1.165) is 25.1 Å². The molecule has 1 aliphatic heterocycles. The van der Waals surface area contributed by atoms with Crippen molar-refractivity contribution in [1.29, 1.82) is 0 Å². The summed E-state index contributed by atoms with van der Waals surface area (Å²) in [5.41, 5.74) is 0.827. The van der Waals surface area contributed by atoms with Crippen molar-refractivity contribution in [2.24, 2.45) is 13.0 Å². The molecule has 6 nitrogen and oxygen atoms in total. The highest BCUT2D eigenvalue weighted by atomic mass is 16.4. The van der Waals surface area contributed by atoms with Crippen molar-refractivity contribution in [2.75, 3.05) is 6.54 Å². The smallest absolute Gasteiger partial charge is 0.320 e. The molecule has 0 amide bonds. The van der Waals surface area contributed by atoms with Crippen molar-refractivity contribution in [1.82, 2.24) is 19.9 Å². The first kappa shape index (κ1) is 12.0. The van der Waals surface area contributed by atoms with E-state index in [1.165, 1.54) is 0 Å². The van der Waals surface area contributed by atoms with Crippen LogP contribution in [0.4, 0.5) is 0 Å². The lowest BCUT2D eigenvalue weighted by Crippen LogP contribution is -2.46. The number of piperidine rings is 1. The fourth-order valence-electron chi connectivity index (χ4n) is 2.31. The zero-order valence-corrected chi connectivity index (χ0v) is 10.2. The van der Waals surface area contributed by atoms with Crippen molar-refractivity contribution in [3.63, 3.8) is 0 Å². The van der Waals surface area contributed by atoms with Gasteiger partial charge in [0.05, 0.1) is 5.69 Å². The van der Waals surface area contributed by atoms with Gasteiger partial charge in [-0.25, -0.2) is 0 Å². The van der Waals surface area contributed by atoms with E-state index in [0.29, 0.717) is 12.5 Å². The van der Waals surface area contributed by atoms with Crippen LogP contribution in [0.5, 0.6) is 0 Å². The van der Waals surface area contributed by atoms with E-state index < -0.39 is 5.97 Å². The second kappa shape index (κ2) is 4.83. The Labute approximate surface area is 100 Å². The number of aliphatic carboxylic acids is 1. The Balaban J connectivity index is 2.05. The van der Waals surface area contributed by atoms with Crippen molar-refractivity contribution in [2.45, 2.75) is 32.4 Å². The number of aryl methyl sites for hydroxylation is 1. The highest BCUT2D eigenvalue weighted by Crippen LogP contribution is 2.23. The summed E-state index contributed by atoms with van der Waals surface area (Å²) in [6.07, 6.45) is 3.59. The molecule has 1 aromatic heterocycles. The largest absolute Gasteiger partial charge is 0.480 e. The van der Waals surface area contributed by atoms with Crippen molar-refractivity contribution in [3.8, 4) is 0 Å². The van der Waals surface area contributed by atoms with Gasteiger partial charge in [-0.2, -0.15) is 0 Å². The van der Waals surface area contributed by atoms with Crippen LogP contribution < -0.4 is 0 Å². The summed E-state index contributed by atoms with van der Waals surface area (Å²) in [4.78, 5) is 13.2. The lowest BCUT2D eigenvalue weighted by atomic mass is 9.92. The van der Waals surface area contributed by atoms with Gasteiger partial charge in [-0.1, -0.05) is 12.1 Å². The second-order valence-electron chi connectivity index (χ2n) is 4.84. The molecule has 0 aromatic carbocycles. The third-order valence-corrected chi connectivity index (χ3v) is 3.28. The van der Waals surface area contributed by atoms with Gasteiger partial charge in [-0.3, -0.25) is 14.4 Å². The molecule has 1 aliphatic rings. The normalized spacial score (nSPS) is 26.0. The molecule has 0 spiro atoms. The minimum absolute atomic E-state index is 0.388. The molecule has 0 aliphatic carbocycles. The van der Waals surface area contributed by atoms with Gasteiger partial charge in [0.25, 0.3) is 0 Å². The lowest BCUT2D eigenvalue weighted by Gasteiger charge is -2.35. The van der Waals surface area contributed by atoms with Gasteiger partial charge in [-0.05, 0) is 25.3 Å². The predicted molar refractivity (Wildman–Crippen MR) is 61.2 cm³/mol. The van der Waals surface area contributed by atoms with Gasteiger partial charge < -0.3 is 5.11 Å². The average molecular weight is 238 g/mol. The third kappa shape index (κ3) is 2.82. The summed E-state index contributed by atoms with van der Waals surface area (Å²) in [6.45, 7) is 3.49. The van der Waals surface area contributed by atoms with Crippen LogP contribution in [0, 0.1) is 5.92 Å². The van der Waals surface area contributed by atoms with Gasteiger partial charge in [-0.15, -0.1) is 5.10 Å². The minimum Gasteiger partial charge on any atom is -0.480 e. The van der Waals surface area contributed by atoms with Crippen LogP contribution in [0.2, 0.25) is 0 Å². The Morgan fingerprint density at radius 1 is 1.65 bits per heavy atom. The molecular formula is C11H18N4O2. The predicted octanol–water partition coefficient (Wildman–Crippen LogP) is 0.500. The van der Waals surface area contributed by atoms with Crippen molar-refractivity contribution < 1.29 is 9.90 Å². The minimum atomic E-state index is -0.736. The van der Waals surface area contributed by atoms with Gasteiger partial charge in [0, 0.05) is 19.8 Å². The highest BCUT2D eigenvalue weighted by Gasteiger charge is 2.31. The SMILES string of the molecule is CC1CCN(Cc2cn(C)nn2)C(C(=O)O)C1. The van der Waals surface area contributed by atoms with E-state index in [-0.39, 0.29) is 6.04 Å². The quantitative estimate of drug-likeness (QED) is 0.830. The summed E-state index contributed by atoms with van der Waals surface area (Å²) >= 11 is 0. The first-order valence-corrected chi connectivity index (χ1v) is 5.88. The molecule has 1 saturated heterocycles. The molecule has 6 heteroatoms.